The third kappa shape index (κ3) is 6.64. The first kappa shape index (κ1) is 24.4. The molecule has 1 saturated carbocycles. The van der Waals surface area contributed by atoms with Crippen molar-refractivity contribution in [2.24, 2.45) is 0 Å². The summed E-state index contributed by atoms with van der Waals surface area (Å²) < 4.78 is 30.6. The van der Waals surface area contributed by atoms with Crippen LogP contribution in [0.1, 0.15) is 31.9 Å². The van der Waals surface area contributed by atoms with Crippen LogP contribution in [0.2, 0.25) is 0 Å². The van der Waals surface area contributed by atoms with Gasteiger partial charge in [0.2, 0.25) is 0 Å². The van der Waals surface area contributed by atoms with Crippen molar-refractivity contribution in [3.05, 3.63) is 36.0 Å². The molecule has 2 aliphatic rings. The van der Waals surface area contributed by atoms with Crippen LogP contribution in [-0.2, 0) is 20.3 Å². The molecule has 3 N–H and O–H groups in total. The van der Waals surface area contributed by atoms with Crippen molar-refractivity contribution in [2.45, 2.75) is 44.0 Å². The van der Waals surface area contributed by atoms with E-state index in [0.717, 1.165) is 12.8 Å². The van der Waals surface area contributed by atoms with Crippen LogP contribution in [0.5, 0.6) is 0 Å². The van der Waals surface area contributed by atoms with E-state index in [0.29, 0.717) is 48.3 Å². The van der Waals surface area contributed by atoms with Crippen LogP contribution in [-0.4, -0.2) is 73.7 Å². The predicted molar refractivity (Wildman–Crippen MR) is 129 cm³/mol. The van der Waals surface area contributed by atoms with Crippen molar-refractivity contribution >= 4 is 27.4 Å². The Balaban J connectivity index is 1.59. The fraction of sp³-hybridized carbons (Fsp3) is 0.522. The van der Waals surface area contributed by atoms with Crippen LogP contribution in [0.15, 0.2) is 30.3 Å². The molecule has 2 fully saturated rings. The second-order valence-corrected chi connectivity index (χ2v) is 11.0. The lowest BCUT2D eigenvalue weighted by Gasteiger charge is -2.34. The van der Waals surface area contributed by atoms with Gasteiger partial charge in [0.05, 0.1) is 36.5 Å². The molecule has 0 radical (unpaired) electrons. The molecule has 1 aromatic heterocycles. The molecular formula is C23H31N5O5S. The third-order valence-corrected chi connectivity index (χ3v) is 7.37. The molecule has 0 spiro atoms. The summed E-state index contributed by atoms with van der Waals surface area (Å²) in [4.78, 5) is 23.4. The highest BCUT2D eigenvalue weighted by molar-refractivity contribution is 7.90. The maximum atomic E-state index is 12.5. The number of aliphatic hydroxyl groups excluding tert-OH is 1. The molecule has 11 heteroatoms. The zero-order valence-electron chi connectivity index (χ0n) is 19.2. The minimum atomic E-state index is -3.43. The maximum Gasteiger partial charge on any atom is 0.319 e. The summed E-state index contributed by atoms with van der Waals surface area (Å²) in [6, 6.07) is 9.00. The summed E-state index contributed by atoms with van der Waals surface area (Å²) in [7, 11) is -3.43. The number of urea groups is 1. The molecule has 1 saturated heterocycles. The lowest BCUT2D eigenvalue weighted by atomic mass is 10.2. The molecule has 0 bridgehead atoms. The number of carbonyl (C=O) groups is 1. The van der Waals surface area contributed by atoms with Crippen LogP contribution in [0.25, 0.3) is 11.4 Å². The highest BCUT2D eigenvalue weighted by Gasteiger charge is 2.24. The maximum absolute atomic E-state index is 12.5. The van der Waals surface area contributed by atoms with E-state index in [2.05, 4.69) is 20.5 Å². The number of aromatic nitrogens is 2. The molecule has 1 aliphatic heterocycles. The van der Waals surface area contributed by atoms with Crippen molar-refractivity contribution in [1.29, 1.82) is 0 Å². The van der Waals surface area contributed by atoms with Gasteiger partial charge in [-0.3, -0.25) is 0 Å². The summed E-state index contributed by atoms with van der Waals surface area (Å²) in [5.41, 5.74) is 1.76. The molecule has 4 rings (SSSR count). The van der Waals surface area contributed by atoms with Gasteiger partial charge in [0, 0.05) is 36.5 Å². The number of hydrogen-bond donors (Lipinski definition) is 3. The summed E-state index contributed by atoms with van der Waals surface area (Å²) >= 11 is 0. The molecular weight excluding hydrogens is 458 g/mol. The normalized spacial score (nSPS) is 18.5. The smallest absolute Gasteiger partial charge is 0.319 e. The van der Waals surface area contributed by atoms with Gasteiger partial charge < -0.3 is 25.4 Å². The van der Waals surface area contributed by atoms with E-state index in [1.54, 1.807) is 30.3 Å². The molecule has 1 aromatic carbocycles. The highest BCUT2D eigenvalue weighted by atomic mass is 32.2. The number of nitrogens with one attached hydrogen (secondary N) is 2. The average Bonchev–Trinajstić information content (AvgIpc) is 3.62. The molecule has 10 nitrogen and oxygen atoms in total. The number of morpholine rings is 1. The number of hydrogen-bond acceptors (Lipinski definition) is 8. The van der Waals surface area contributed by atoms with Gasteiger partial charge in [-0.15, -0.1) is 0 Å². The van der Waals surface area contributed by atoms with E-state index in [1.807, 2.05) is 6.92 Å². The minimum Gasteiger partial charge on any atom is -0.396 e. The molecule has 34 heavy (non-hydrogen) atoms. The van der Waals surface area contributed by atoms with E-state index in [1.165, 1.54) is 0 Å². The van der Waals surface area contributed by atoms with Crippen molar-refractivity contribution in [1.82, 2.24) is 15.3 Å². The largest absolute Gasteiger partial charge is 0.396 e. The predicted octanol–water partition coefficient (Wildman–Crippen LogP) is 1.95. The van der Waals surface area contributed by atoms with Crippen molar-refractivity contribution in [3.8, 4) is 11.4 Å². The average molecular weight is 490 g/mol. The molecule has 2 aromatic rings. The quantitative estimate of drug-likeness (QED) is 0.487. The van der Waals surface area contributed by atoms with Gasteiger partial charge in [0.15, 0.2) is 15.7 Å². The summed E-state index contributed by atoms with van der Waals surface area (Å²) in [5, 5.41) is 14.7. The highest BCUT2D eigenvalue weighted by Crippen LogP contribution is 2.25. The zero-order chi connectivity index (χ0) is 24.1. The van der Waals surface area contributed by atoms with Crippen molar-refractivity contribution in [2.75, 3.05) is 42.3 Å². The van der Waals surface area contributed by atoms with Gasteiger partial charge >= 0.3 is 6.03 Å². The molecule has 2 heterocycles. The lowest BCUT2D eigenvalue weighted by Crippen LogP contribution is -2.44. The van der Waals surface area contributed by atoms with E-state index in [9.17, 15) is 13.2 Å². The number of nitrogens with zero attached hydrogens (tertiary/aromatic N) is 3. The minimum absolute atomic E-state index is 0.0897. The molecule has 1 atom stereocenters. The second kappa shape index (κ2) is 10.7. The number of amides is 2. The number of anilines is 2. The summed E-state index contributed by atoms with van der Waals surface area (Å²) in [6.45, 7) is 3.63. The SMILES string of the molecule is C[C@H]1COCCN1c1cc(CS(=O)(=O)CCCO)nc(-c2ccc(NC(=O)NC3CC3)cc2)n1. The van der Waals surface area contributed by atoms with Gasteiger partial charge in [0.25, 0.3) is 0 Å². The Hall–Kier alpha value is -2.76. The first-order valence-electron chi connectivity index (χ1n) is 11.5. The van der Waals surface area contributed by atoms with Crippen LogP contribution < -0.4 is 15.5 Å². The van der Waals surface area contributed by atoms with E-state index >= 15 is 0 Å². The molecule has 184 valence electrons. The zero-order valence-corrected chi connectivity index (χ0v) is 20.1. The fourth-order valence-electron chi connectivity index (χ4n) is 3.77. The van der Waals surface area contributed by atoms with Gasteiger partial charge in [0.1, 0.15) is 5.82 Å². The van der Waals surface area contributed by atoms with Gasteiger partial charge in [-0.2, -0.15) is 0 Å². The van der Waals surface area contributed by atoms with Crippen LogP contribution in [0.4, 0.5) is 16.3 Å². The fourth-order valence-corrected chi connectivity index (χ4v) is 5.08. The Morgan fingerprint density at radius 2 is 2.00 bits per heavy atom. The Labute approximate surface area is 199 Å². The number of benzene rings is 1. The number of rotatable bonds is 9. The molecule has 0 unspecified atom stereocenters. The number of ether oxygens (including phenoxy) is 1. The summed E-state index contributed by atoms with van der Waals surface area (Å²) in [5.74, 6) is 0.738. The van der Waals surface area contributed by atoms with Crippen molar-refractivity contribution in [3.63, 3.8) is 0 Å². The van der Waals surface area contributed by atoms with Gasteiger partial charge in [-0.25, -0.2) is 23.2 Å². The first-order chi connectivity index (χ1) is 16.3. The van der Waals surface area contributed by atoms with Gasteiger partial charge in [-0.05, 0) is 50.5 Å². The molecule has 1 aliphatic carbocycles. The number of sulfone groups is 1. The van der Waals surface area contributed by atoms with Crippen LogP contribution >= 0.6 is 0 Å². The standard InChI is InChI=1S/C23H31N5O5S/c1-16-14-33-11-9-28(16)21-13-20(15-34(31,32)12-2-10-29)24-22(27-21)17-3-5-18(6-4-17)25-23(30)26-19-7-8-19/h3-6,13,16,19,29H,2,7-12,14-15H2,1H3,(H2,25,26,30)/t16-/m0/s1. The lowest BCUT2D eigenvalue weighted by molar-refractivity contribution is 0.0985. The van der Waals surface area contributed by atoms with Crippen LogP contribution in [0.3, 0.4) is 0 Å². The molecule has 2 amide bonds. The second-order valence-electron chi connectivity index (χ2n) is 8.78. The van der Waals surface area contributed by atoms with Gasteiger partial charge in [-0.1, -0.05) is 0 Å². The summed E-state index contributed by atoms with van der Waals surface area (Å²) in [6.07, 6.45) is 2.22. The monoisotopic (exact) mass is 489 g/mol. The van der Waals surface area contributed by atoms with E-state index in [-0.39, 0.29) is 42.6 Å². The number of aliphatic hydroxyl groups is 1. The Morgan fingerprint density at radius 3 is 2.68 bits per heavy atom. The van der Waals surface area contributed by atoms with E-state index in [4.69, 9.17) is 14.8 Å². The van der Waals surface area contributed by atoms with Crippen molar-refractivity contribution < 1.29 is 23.1 Å². The Kier molecular flexibility index (Phi) is 7.64. The Bertz CT molecular complexity index is 1110. The number of carbonyl (C=O) groups excluding carboxylic acids is 1. The Morgan fingerprint density at radius 1 is 1.24 bits per heavy atom. The van der Waals surface area contributed by atoms with E-state index < -0.39 is 9.84 Å². The topological polar surface area (TPSA) is 134 Å². The van der Waals surface area contributed by atoms with Crippen LogP contribution in [0, 0.1) is 0 Å². The third-order valence-electron chi connectivity index (χ3n) is 5.72. The first-order valence-corrected chi connectivity index (χ1v) is 13.4.